The summed E-state index contributed by atoms with van der Waals surface area (Å²) in [4.78, 5) is 13.2. The third-order valence-corrected chi connectivity index (χ3v) is 2.89. The lowest BCUT2D eigenvalue weighted by atomic mass is 10.1. The molecular weight excluding hydrogens is 254 g/mol. The zero-order chi connectivity index (χ0) is 13.7. The van der Waals surface area contributed by atoms with Crippen molar-refractivity contribution in [3.05, 3.63) is 28.8 Å². The fraction of sp³-hybridized carbons (Fsp3) is 0.462. The molecule has 0 fully saturated rings. The summed E-state index contributed by atoms with van der Waals surface area (Å²) >= 11 is 5.84. The summed E-state index contributed by atoms with van der Waals surface area (Å²) in [5.74, 6) is -0.976. The van der Waals surface area contributed by atoms with Crippen LogP contribution < -0.4 is 4.90 Å². The number of carbonyl (C=O) groups is 1. The maximum absolute atomic E-state index is 11.3. The summed E-state index contributed by atoms with van der Waals surface area (Å²) in [6.45, 7) is 5.20. The number of halogens is 1. The van der Waals surface area contributed by atoms with Gasteiger partial charge >= 0.3 is 5.97 Å². The first-order chi connectivity index (χ1) is 8.47. The van der Waals surface area contributed by atoms with E-state index in [1.165, 1.54) is 6.07 Å². The van der Waals surface area contributed by atoms with Crippen LogP contribution >= 0.6 is 11.6 Å². The number of aromatic carboxylic acids is 1. The van der Waals surface area contributed by atoms with Crippen molar-refractivity contribution >= 4 is 23.3 Å². The quantitative estimate of drug-likeness (QED) is 0.864. The van der Waals surface area contributed by atoms with E-state index in [0.29, 0.717) is 23.9 Å². The predicted octanol–water partition coefficient (Wildman–Crippen LogP) is 2.90. The minimum Gasteiger partial charge on any atom is -0.478 e. The molecule has 0 aliphatic heterocycles. The Labute approximate surface area is 112 Å². The monoisotopic (exact) mass is 271 g/mol. The second kappa shape index (κ2) is 6.61. The van der Waals surface area contributed by atoms with Gasteiger partial charge in [0.1, 0.15) is 0 Å². The topological polar surface area (TPSA) is 49.8 Å². The van der Waals surface area contributed by atoms with Gasteiger partial charge in [-0.25, -0.2) is 4.79 Å². The molecule has 1 aromatic carbocycles. The van der Waals surface area contributed by atoms with Crippen LogP contribution in [0, 0.1) is 0 Å². The normalized spacial score (nSPS) is 10.7. The van der Waals surface area contributed by atoms with Gasteiger partial charge in [-0.2, -0.15) is 0 Å². The Balaban J connectivity index is 3.14. The van der Waals surface area contributed by atoms with Crippen molar-refractivity contribution in [2.24, 2.45) is 0 Å². The molecule has 0 bridgehead atoms. The van der Waals surface area contributed by atoms with Gasteiger partial charge in [0.05, 0.1) is 17.9 Å². The number of carboxylic acid groups (broad SMARTS) is 1. The van der Waals surface area contributed by atoms with Crippen LogP contribution in [0.3, 0.4) is 0 Å². The molecule has 0 saturated heterocycles. The van der Waals surface area contributed by atoms with Crippen LogP contribution in [0.1, 0.15) is 24.2 Å². The number of nitrogens with zero attached hydrogens (tertiary/aromatic N) is 1. The number of methoxy groups -OCH3 is 1. The summed E-state index contributed by atoms with van der Waals surface area (Å²) in [5, 5.41) is 9.65. The Morgan fingerprint density at radius 2 is 2.17 bits per heavy atom. The highest BCUT2D eigenvalue weighted by Gasteiger charge is 2.18. The summed E-state index contributed by atoms with van der Waals surface area (Å²) in [6, 6.07) is 5.09. The van der Waals surface area contributed by atoms with Gasteiger partial charge in [0.15, 0.2) is 0 Å². The molecule has 100 valence electrons. The van der Waals surface area contributed by atoms with Crippen molar-refractivity contribution in [2.75, 3.05) is 25.2 Å². The highest BCUT2D eigenvalue weighted by atomic mass is 35.5. The van der Waals surface area contributed by atoms with E-state index in [1.807, 2.05) is 18.7 Å². The highest BCUT2D eigenvalue weighted by Crippen LogP contribution is 2.26. The average molecular weight is 272 g/mol. The van der Waals surface area contributed by atoms with Gasteiger partial charge < -0.3 is 14.7 Å². The van der Waals surface area contributed by atoms with Crippen molar-refractivity contribution in [3.63, 3.8) is 0 Å². The van der Waals surface area contributed by atoms with Gasteiger partial charge in [0, 0.05) is 24.7 Å². The molecule has 1 rings (SSSR count). The number of anilines is 1. The zero-order valence-corrected chi connectivity index (χ0v) is 11.6. The van der Waals surface area contributed by atoms with Gasteiger partial charge in [-0.15, -0.1) is 0 Å². The third-order valence-electron chi connectivity index (χ3n) is 2.66. The Morgan fingerprint density at radius 1 is 1.50 bits per heavy atom. The molecule has 0 atom stereocenters. The molecule has 0 unspecified atom stereocenters. The number of ether oxygens (including phenoxy) is 1. The largest absolute Gasteiger partial charge is 0.478 e. The fourth-order valence-electron chi connectivity index (χ4n) is 1.78. The molecule has 4 nitrogen and oxygen atoms in total. The number of rotatable bonds is 6. The SMILES string of the molecule is COCCN(c1ccc(Cl)cc1C(=O)O)C(C)C. The molecule has 18 heavy (non-hydrogen) atoms. The van der Waals surface area contributed by atoms with Gasteiger partial charge in [-0.05, 0) is 32.0 Å². The Bertz CT molecular complexity index is 421. The van der Waals surface area contributed by atoms with Crippen molar-refractivity contribution < 1.29 is 14.6 Å². The lowest BCUT2D eigenvalue weighted by molar-refractivity contribution is 0.0697. The van der Waals surface area contributed by atoms with E-state index in [2.05, 4.69) is 0 Å². The summed E-state index contributed by atoms with van der Waals surface area (Å²) in [5.41, 5.74) is 0.881. The lowest BCUT2D eigenvalue weighted by Gasteiger charge is -2.30. The van der Waals surface area contributed by atoms with Crippen LogP contribution in [0.15, 0.2) is 18.2 Å². The Kier molecular flexibility index (Phi) is 5.44. The van der Waals surface area contributed by atoms with E-state index in [0.717, 1.165) is 0 Å². The smallest absolute Gasteiger partial charge is 0.337 e. The van der Waals surface area contributed by atoms with Crippen LogP contribution in [0.5, 0.6) is 0 Å². The molecule has 0 heterocycles. The van der Waals surface area contributed by atoms with Crippen molar-refractivity contribution in [2.45, 2.75) is 19.9 Å². The molecule has 1 aromatic rings. The van der Waals surface area contributed by atoms with Gasteiger partial charge in [0.25, 0.3) is 0 Å². The Hall–Kier alpha value is -1.26. The average Bonchev–Trinajstić information content (AvgIpc) is 2.30. The van der Waals surface area contributed by atoms with E-state index < -0.39 is 5.97 Å². The molecule has 1 N–H and O–H groups in total. The molecule has 0 saturated carbocycles. The van der Waals surface area contributed by atoms with Crippen LogP contribution in [0.4, 0.5) is 5.69 Å². The molecular formula is C13H18ClNO3. The minimum absolute atomic E-state index is 0.180. The van der Waals surface area contributed by atoms with Crippen LogP contribution in [0.2, 0.25) is 5.02 Å². The van der Waals surface area contributed by atoms with Gasteiger partial charge in [-0.3, -0.25) is 0 Å². The van der Waals surface area contributed by atoms with E-state index in [4.69, 9.17) is 16.3 Å². The van der Waals surface area contributed by atoms with E-state index >= 15 is 0 Å². The predicted molar refractivity (Wildman–Crippen MR) is 72.8 cm³/mol. The molecule has 0 aliphatic carbocycles. The Morgan fingerprint density at radius 3 is 2.67 bits per heavy atom. The van der Waals surface area contributed by atoms with Gasteiger partial charge in [-0.1, -0.05) is 11.6 Å². The molecule has 0 spiro atoms. The lowest BCUT2D eigenvalue weighted by Crippen LogP contribution is -2.35. The fourth-order valence-corrected chi connectivity index (χ4v) is 1.95. The summed E-state index contributed by atoms with van der Waals surface area (Å²) < 4.78 is 5.05. The third kappa shape index (κ3) is 3.62. The van der Waals surface area contributed by atoms with Crippen LogP contribution in [0.25, 0.3) is 0 Å². The second-order valence-corrected chi connectivity index (χ2v) is 4.68. The molecule has 0 aliphatic rings. The summed E-state index contributed by atoms with van der Waals surface area (Å²) in [6.07, 6.45) is 0. The van der Waals surface area contributed by atoms with E-state index in [-0.39, 0.29) is 11.6 Å². The standard InChI is InChI=1S/C13H18ClNO3/c1-9(2)15(6-7-18-3)12-5-4-10(14)8-11(12)13(16)17/h4-5,8-9H,6-7H2,1-3H3,(H,16,17). The first kappa shape index (κ1) is 14.8. The minimum atomic E-state index is -0.976. The van der Waals surface area contributed by atoms with E-state index in [1.54, 1.807) is 19.2 Å². The van der Waals surface area contributed by atoms with Crippen molar-refractivity contribution in [1.29, 1.82) is 0 Å². The van der Waals surface area contributed by atoms with Crippen molar-refractivity contribution in [3.8, 4) is 0 Å². The molecule has 0 radical (unpaired) electrons. The maximum atomic E-state index is 11.3. The van der Waals surface area contributed by atoms with E-state index in [9.17, 15) is 9.90 Å². The van der Waals surface area contributed by atoms with Crippen LogP contribution in [-0.4, -0.2) is 37.4 Å². The molecule has 5 heteroatoms. The number of carboxylic acids is 1. The first-order valence-corrected chi connectivity index (χ1v) is 6.13. The summed E-state index contributed by atoms with van der Waals surface area (Å²) in [7, 11) is 1.62. The second-order valence-electron chi connectivity index (χ2n) is 4.25. The number of benzene rings is 1. The number of hydrogen-bond donors (Lipinski definition) is 1. The number of hydrogen-bond acceptors (Lipinski definition) is 3. The molecule has 0 aromatic heterocycles. The van der Waals surface area contributed by atoms with Crippen LogP contribution in [-0.2, 0) is 4.74 Å². The highest BCUT2D eigenvalue weighted by molar-refractivity contribution is 6.31. The van der Waals surface area contributed by atoms with Gasteiger partial charge in [0.2, 0.25) is 0 Å². The first-order valence-electron chi connectivity index (χ1n) is 5.75. The van der Waals surface area contributed by atoms with Crippen molar-refractivity contribution in [1.82, 2.24) is 0 Å². The molecule has 0 amide bonds. The maximum Gasteiger partial charge on any atom is 0.337 e. The zero-order valence-electron chi connectivity index (χ0n) is 10.8.